The number of rotatable bonds is 8. The first-order chi connectivity index (χ1) is 18.6. The minimum atomic E-state index is -4.71. The second-order valence-electron chi connectivity index (χ2n) is 9.42. The Balaban J connectivity index is 0.00000441. The smallest absolute Gasteiger partial charge is 0.453 e. The summed E-state index contributed by atoms with van der Waals surface area (Å²) in [5.74, 6) is -1.06. The maximum absolute atomic E-state index is 13.4. The number of carbonyl (C=O) groups is 2. The third-order valence-corrected chi connectivity index (χ3v) is 6.89. The van der Waals surface area contributed by atoms with Crippen LogP contribution < -0.4 is 10.1 Å². The highest BCUT2D eigenvalue weighted by Gasteiger charge is 2.38. The molecule has 0 unspecified atom stereocenters. The Bertz CT molecular complexity index is 1310. The number of likely N-dealkylation sites (N-methyl/N-ethyl adjacent to an activating group) is 1. The number of likely N-dealkylation sites (tertiary alicyclic amines) is 1. The van der Waals surface area contributed by atoms with Crippen LogP contribution in [-0.4, -0.2) is 81.7 Å². The number of alkyl halides is 3. The van der Waals surface area contributed by atoms with Crippen LogP contribution in [0.15, 0.2) is 48.5 Å². The molecule has 10 nitrogen and oxygen atoms in total. The minimum Gasteiger partial charge on any atom is -0.496 e. The van der Waals surface area contributed by atoms with Gasteiger partial charge >= 0.3 is 6.18 Å². The van der Waals surface area contributed by atoms with Crippen LogP contribution in [0, 0.1) is 0 Å². The fraction of sp³-hybridized carbons (Fsp3) is 0.423. The molecule has 2 atom stereocenters. The van der Waals surface area contributed by atoms with Gasteiger partial charge in [-0.05, 0) is 40.6 Å². The number of piperidine rings is 1. The highest BCUT2D eigenvalue weighted by molar-refractivity contribution is 5.85. The summed E-state index contributed by atoms with van der Waals surface area (Å²) < 4.78 is 46.2. The van der Waals surface area contributed by atoms with Crippen LogP contribution >= 0.6 is 12.4 Å². The van der Waals surface area contributed by atoms with Crippen molar-refractivity contribution in [2.45, 2.75) is 38.0 Å². The van der Waals surface area contributed by atoms with E-state index in [2.05, 4.69) is 20.8 Å². The van der Waals surface area contributed by atoms with Gasteiger partial charge in [0.05, 0.1) is 19.3 Å². The lowest BCUT2D eigenvalue weighted by Gasteiger charge is -2.40. The molecule has 1 aliphatic rings. The van der Waals surface area contributed by atoms with Crippen LogP contribution in [0.1, 0.15) is 36.2 Å². The highest BCUT2D eigenvalue weighted by Crippen LogP contribution is 2.31. The zero-order chi connectivity index (χ0) is 28.2. The Hall–Kier alpha value is -3.71. The molecular formula is C26H31ClF3N7O3. The average molecular weight is 582 g/mol. The molecule has 1 aliphatic heterocycles. The van der Waals surface area contributed by atoms with Gasteiger partial charge in [-0.25, -0.2) is 0 Å². The van der Waals surface area contributed by atoms with Crippen molar-refractivity contribution in [3.05, 3.63) is 65.5 Å². The largest absolute Gasteiger partial charge is 0.496 e. The van der Waals surface area contributed by atoms with Gasteiger partial charge in [0.2, 0.25) is 11.8 Å². The predicted molar refractivity (Wildman–Crippen MR) is 142 cm³/mol. The number of nitrogens with one attached hydrogen (secondary N) is 1. The minimum absolute atomic E-state index is 0. The fourth-order valence-corrected chi connectivity index (χ4v) is 4.69. The van der Waals surface area contributed by atoms with Crippen molar-refractivity contribution >= 4 is 24.2 Å². The number of aromatic nitrogens is 4. The van der Waals surface area contributed by atoms with Gasteiger partial charge in [-0.15, -0.1) is 17.5 Å². The number of nitrogens with zero attached hydrogens (tertiary/aromatic N) is 6. The SMILES string of the molecule is COc1ccc(-n2nnnc2C(F)(F)F)cc1CN[C@H]1CCN(C(=O)CN(C)C(C)=O)C[C@H]1c1ccccc1.Cl. The topological polar surface area (TPSA) is 105 Å². The van der Waals surface area contributed by atoms with Gasteiger partial charge in [0.25, 0.3) is 5.82 Å². The van der Waals surface area contributed by atoms with Crippen LogP contribution in [0.2, 0.25) is 0 Å². The number of methoxy groups -OCH3 is 1. The average Bonchev–Trinajstić information content (AvgIpc) is 3.43. The monoisotopic (exact) mass is 581 g/mol. The molecule has 40 heavy (non-hydrogen) atoms. The number of tetrazole rings is 1. The summed E-state index contributed by atoms with van der Waals surface area (Å²) in [4.78, 5) is 27.7. The van der Waals surface area contributed by atoms with Crippen molar-refractivity contribution in [1.29, 1.82) is 0 Å². The highest BCUT2D eigenvalue weighted by atomic mass is 35.5. The maximum atomic E-state index is 13.4. The standard InChI is InChI=1S/C26H30F3N7O3.ClH/c1-17(37)34(2)16-24(38)35-12-11-22(21(15-35)18-7-5-4-6-8-18)30-14-19-13-20(9-10-23(19)39-3)36-25(26(27,28)29)31-32-33-36;/h4-10,13,21-22,30H,11-12,14-16H2,1-3H3;1H/t21-,22-;/m0./s1. The van der Waals surface area contributed by atoms with Crippen molar-refractivity contribution in [3.8, 4) is 11.4 Å². The van der Waals surface area contributed by atoms with Gasteiger partial charge in [-0.3, -0.25) is 9.59 Å². The lowest BCUT2D eigenvalue weighted by molar-refractivity contribution is -0.146. The molecule has 0 aliphatic carbocycles. The first kappa shape index (κ1) is 30.8. The lowest BCUT2D eigenvalue weighted by atomic mass is 9.85. The third-order valence-electron chi connectivity index (χ3n) is 6.89. The van der Waals surface area contributed by atoms with E-state index in [1.807, 2.05) is 30.3 Å². The van der Waals surface area contributed by atoms with Crippen LogP contribution in [0.3, 0.4) is 0 Å². The lowest BCUT2D eigenvalue weighted by Crippen LogP contribution is -2.51. The summed E-state index contributed by atoms with van der Waals surface area (Å²) in [6.45, 7) is 2.69. The van der Waals surface area contributed by atoms with E-state index in [9.17, 15) is 22.8 Å². The molecule has 2 amide bonds. The summed E-state index contributed by atoms with van der Waals surface area (Å²) in [5, 5.41) is 13.4. The Kier molecular flexibility index (Phi) is 10.1. The van der Waals surface area contributed by atoms with E-state index in [1.165, 1.54) is 25.0 Å². The first-order valence-corrected chi connectivity index (χ1v) is 12.4. The number of amides is 2. The summed E-state index contributed by atoms with van der Waals surface area (Å²) in [5.41, 5.74) is 1.84. The summed E-state index contributed by atoms with van der Waals surface area (Å²) in [7, 11) is 3.09. The predicted octanol–water partition coefficient (Wildman–Crippen LogP) is 3.06. The van der Waals surface area contributed by atoms with Crippen molar-refractivity contribution in [2.24, 2.45) is 0 Å². The van der Waals surface area contributed by atoms with Gasteiger partial charge in [-0.2, -0.15) is 17.9 Å². The Labute approximate surface area is 235 Å². The number of hydrogen-bond acceptors (Lipinski definition) is 7. The Morgan fingerprint density at radius 2 is 1.90 bits per heavy atom. The first-order valence-electron chi connectivity index (χ1n) is 12.4. The second-order valence-corrected chi connectivity index (χ2v) is 9.42. The summed E-state index contributed by atoms with van der Waals surface area (Å²) >= 11 is 0. The molecule has 1 fully saturated rings. The Morgan fingerprint density at radius 1 is 1.18 bits per heavy atom. The van der Waals surface area contributed by atoms with E-state index in [4.69, 9.17) is 4.74 Å². The normalized spacial score (nSPS) is 17.2. The Morgan fingerprint density at radius 3 is 2.55 bits per heavy atom. The molecule has 4 rings (SSSR count). The van der Waals surface area contributed by atoms with Gasteiger partial charge < -0.3 is 19.9 Å². The van der Waals surface area contributed by atoms with Gasteiger partial charge in [0.15, 0.2) is 0 Å². The van der Waals surface area contributed by atoms with E-state index in [1.54, 1.807) is 24.1 Å². The van der Waals surface area contributed by atoms with Crippen molar-refractivity contribution in [2.75, 3.05) is 33.8 Å². The quantitative estimate of drug-likeness (QED) is 0.436. The van der Waals surface area contributed by atoms with Gasteiger partial charge in [-0.1, -0.05) is 30.3 Å². The van der Waals surface area contributed by atoms with Crippen molar-refractivity contribution in [1.82, 2.24) is 35.3 Å². The number of ether oxygens (including phenoxy) is 1. The zero-order valence-corrected chi connectivity index (χ0v) is 23.1. The van der Waals surface area contributed by atoms with E-state index < -0.39 is 12.0 Å². The molecule has 1 aromatic heterocycles. The van der Waals surface area contributed by atoms with Crippen LogP contribution in [0.4, 0.5) is 13.2 Å². The number of carbonyl (C=O) groups excluding carboxylic acids is 2. The summed E-state index contributed by atoms with van der Waals surface area (Å²) in [6.07, 6.45) is -4.07. The summed E-state index contributed by atoms with van der Waals surface area (Å²) in [6, 6.07) is 14.4. The molecular weight excluding hydrogens is 551 g/mol. The molecule has 3 aromatic rings. The van der Waals surface area contributed by atoms with Crippen molar-refractivity contribution in [3.63, 3.8) is 0 Å². The molecule has 0 spiro atoms. The molecule has 0 saturated carbocycles. The second kappa shape index (κ2) is 13.1. The number of benzene rings is 2. The molecule has 0 bridgehead atoms. The molecule has 0 radical (unpaired) electrons. The fourth-order valence-electron chi connectivity index (χ4n) is 4.69. The van der Waals surface area contributed by atoms with Crippen LogP contribution in [0.25, 0.3) is 5.69 Å². The maximum Gasteiger partial charge on any atom is 0.453 e. The van der Waals surface area contributed by atoms with Crippen molar-refractivity contribution < 1.29 is 27.5 Å². The number of hydrogen-bond donors (Lipinski definition) is 1. The molecule has 2 aromatic carbocycles. The van der Waals surface area contributed by atoms with Crippen LogP contribution in [-0.2, 0) is 22.3 Å². The third kappa shape index (κ3) is 7.07. The molecule has 216 valence electrons. The van der Waals surface area contributed by atoms with E-state index >= 15 is 0 Å². The van der Waals surface area contributed by atoms with E-state index in [0.29, 0.717) is 42.0 Å². The molecule has 1 saturated heterocycles. The zero-order valence-electron chi connectivity index (χ0n) is 22.3. The number of halogens is 4. The van der Waals surface area contributed by atoms with E-state index in [0.717, 1.165) is 5.56 Å². The van der Waals surface area contributed by atoms with E-state index in [-0.39, 0.29) is 48.4 Å². The van der Waals surface area contributed by atoms with Gasteiger partial charge in [0.1, 0.15) is 5.75 Å². The molecule has 1 N–H and O–H groups in total. The molecule has 2 heterocycles. The molecule has 14 heteroatoms. The van der Waals surface area contributed by atoms with Gasteiger partial charge in [0, 0.05) is 51.1 Å². The van der Waals surface area contributed by atoms with Crippen LogP contribution in [0.5, 0.6) is 5.75 Å².